The zero-order chi connectivity index (χ0) is 27.8. The molecule has 0 aliphatic heterocycles. The third kappa shape index (κ3) is 8.20. The summed E-state index contributed by atoms with van der Waals surface area (Å²) in [6.45, 7) is 2.52. The molecule has 0 bridgehead atoms. The van der Waals surface area contributed by atoms with Gasteiger partial charge >= 0.3 is 18.4 Å². The number of allylic oxidation sites excluding steroid dienone is 1. The normalized spacial score (nSPS) is 12.7. The third-order valence-corrected chi connectivity index (χ3v) is 4.83. The van der Waals surface area contributed by atoms with Crippen LogP contribution in [0, 0.1) is 5.82 Å². The summed E-state index contributed by atoms with van der Waals surface area (Å²) in [4.78, 5) is 17.4. The van der Waals surface area contributed by atoms with Crippen LogP contribution in [0.1, 0.15) is 30.0 Å². The van der Waals surface area contributed by atoms with Crippen molar-refractivity contribution in [2.24, 2.45) is 10.7 Å². The SMILES string of the molecule is CCCOCCN=C/C(=C\N)c1cc(C(F)(F)F)cc(C(F)(F)F)c1OC(=O)N(C)c1ccc(F)cc1. The smallest absolute Gasteiger partial charge is 0.409 e. The van der Waals surface area contributed by atoms with E-state index >= 15 is 0 Å². The minimum absolute atomic E-state index is 0.0465. The minimum atomic E-state index is -5.34. The number of anilines is 1. The van der Waals surface area contributed by atoms with E-state index < -0.39 is 46.7 Å². The molecule has 0 spiro atoms. The fraction of sp³-hybridized carbons (Fsp3) is 0.333. The highest BCUT2D eigenvalue weighted by Gasteiger charge is 2.41. The van der Waals surface area contributed by atoms with Crippen LogP contribution in [0.3, 0.4) is 0 Å². The number of halogens is 7. The first kappa shape index (κ1) is 29.6. The van der Waals surface area contributed by atoms with E-state index in [-0.39, 0.29) is 30.5 Å². The molecule has 6 nitrogen and oxygen atoms in total. The number of nitrogens with zero attached hydrogens (tertiary/aromatic N) is 2. The van der Waals surface area contributed by atoms with Gasteiger partial charge in [0.05, 0.1) is 24.3 Å². The first-order valence-corrected chi connectivity index (χ1v) is 10.8. The van der Waals surface area contributed by atoms with Crippen LogP contribution >= 0.6 is 0 Å². The summed E-state index contributed by atoms with van der Waals surface area (Å²) < 4.78 is 106. The zero-order valence-electron chi connectivity index (χ0n) is 19.8. The lowest BCUT2D eigenvalue weighted by Crippen LogP contribution is -2.30. The van der Waals surface area contributed by atoms with Crippen LogP contribution in [0.4, 0.5) is 41.2 Å². The van der Waals surface area contributed by atoms with Gasteiger partial charge in [0.2, 0.25) is 0 Å². The van der Waals surface area contributed by atoms with Crippen LogP contribution in [0.2, 0.25) is 0 Å². The van der Waals surface area contributed by atoms with Gasteiger partial charge in [-0.2, -0.15) is 26.3 Å². The van der Waals surface area contributed by atoms with Crippen LogP contribution in [-0.4, -0.2) is 39.1 Å². The molecule has 2 N–H and O–H groups in total. The van der Waals surface area contributed by atoms with Gasteiger partial charge in [0.25, 0.3) is 0 Å². The van der Waals surface area contributed by atoms with Gasteiger partial charge in [0, 0.05) is 42.9 Å². The quantitative estimate of drug-likeness (QED) is 0.233. The second-order valence-electron chi connectivity index (χ2n) is 7.57. The highest BCUT2D eigenvalue weighted by Crippen LogP contribution is 2.44. The zero-order valence-corrected chi connectivity index (χ0v) is 19.8. The fourth-order valence-corrected chi connectivity index (χ4v) is 2.98. The Morgan fingerprint density at radius 3 is 2.24 bits per heavy atom. The summed E-state index contributed by atoms with van der Waals surface area (Å²) in [5, 5.41) is 0. The molecule has 0 saturated heterocycles. The Bertz CT molecular complexity index is 1130. The van der Waals surface area contributed by atoms with E-state index in [9.17, 15) is 35.5 Å². The molecule has 0 radical (unpaired) electrons. The Kier molecular flexibility index (Phi) is 10.1. The van der Waals surface area contributed by atoms with Gasteiger partial charge in [-0.05, 0) is 42.8 Å². The maximum atomic E-state index is 13.9. The number of aliphatic imine (C=N–C) groups is 1. The molecule has 0 fully saturated rings. The number of nitrogens with two attached hydrogens (primary N) is 1. The van der Waals surface area contributed by atoms with Crippen molar-refractivity contribution in [2.45, 2.75) is 25.7 Å². The van der Waals surface area contributed by atoms with Crippen molar-refractivity contribution in [3.05, 3.63) is 65.1 Å². The summed E-state index contributed by atoms with van der Waals surface area (Å²) >= 11 is 0. The van der Waals surface area contributed by atoms with E-state index in [1.165, 1.54) is 0 Å². The van der Waals surface area contributed by atoms with E-state index in [4.69, 9.17) is 15.2 Å². The third-order valence-electron chi connectivity index (χ3n) is 4.83. The fourth-order valence-electron chi connectivity index (χ4n) is 2.98. The number of hydrogen-bond donors (Lipinski definition) is 1. The lowest BCUT2D eigenvalue weighted by Gasteiger charge is -2.22. The van der Waals surface area contributed by atoms with Crippen LogP contribution in [0.5, 0.6) is 5.75 Å². The molecule has 0 aliphatic rings. The van der Waals surface area contributed by atoms with Crippen molar-refractivity contribution in [3.8, 4) is 5.75 Å². The van der Waals surface area contributed by atoms with E-state index in [2.05, 4.69) is 4.99 Å². The summed E-state index contributed by atoms with van der Waals surface area (Å²) in [5.74, 6) is -1.84. The average Bonchev–Trinajstić information content (AvgIpc) is 2.82. The molecule has 37 heavy (non-hydrogen) atoms. The Morgan fingerprint density at radius 2 is 1.70 bits per heavy atom. The average molecular weight is 535 g/mol. The van der Waals surface area contributed by atoms with Crippen molar-refractivity contribution in [3.63, 3.8) is 0 Å². The molecule has 2 rings (SSSR count). The molecule has 0 aliphatic carbocycles. The van der Waals surface area contributed by atoms with Gasteiger partial charge in [-0.1, -0.05) is 6.92 Å². The molecule has 0 aromatic heterocycles. The second-order valence-corrected chi connectivity index (χ2v) is 7.57. The Labute approximate surface area is 208 Å². The number of benzene rings is 2. The maximum absolute atomic E-state index is 13.9. The summed E-state index contributed by atoms with van der Waals surface area (Å²) in [5.41, 5.74) is 0.959. The predicted octanol–water partition coefficient (Wildman–Crippen LogP) is 6.30. The van der Waals surface area contributed by atoms with Gasteiger partial charge in [-0.25, -0.2) is 9.18 Å². The van der Waals surface area contributed by atoms with Gasteiger partial charge in [-0.3, -0.25) is 9.89 Å². The Morgan fingerprint density at radius 1 is 1.05 bits per heavy atom. The number of alkyl halides is 6. The lowest BCUT2D eigenvalue weighted by molar-refractivity contribution is -0.143. The molecule has 2 aromatic carbocycles. The second kappa shape index (κ2) is 12.6. The Balaban J connectivity index is 2.58. The van der Waals surface area contributed by atoms with Crippen molar-refractivity contribution in [1.29, 1.82) is 0 Å². The van der Waals surface area contributed by atoms with E-state index in [1.807, 2.05) is 6.92 Å². The highest BCUT2D eigenvalue weighted by molar-refractivity contribution is 6.11. The summed E-state index contributed by atoms with van der Waals surface area (Å²) in [6.07, 6.45) is -9.43. The molecule has 0 heterocycles. The molecule has 1 amide bonds. The molecule has 0 atom stereocenters. The van der Waals surface area contributed by atoms with Crippen LogP contribution in [0.15, 0.2) is 47.6 Å². The first-order chi connectivity index (χ1) is 17.3. The standard InChI is InChI=1S/C24H24F7N3O3/c1-3-9-36-10-8-33-14-15(13-32)19-11-16(23(26,27)28)12-20(24(29,30)31)21(19)37-22(35)34(2)18-6-4-17(25)5-7-18/h4-7,11-14H,3,8-10,32H2,1-2H3/b15-13+,33-14?. The molecule has 2 aromatic rings. The maximum Gasteiger partial charge on any atom is 0.420 e. The van der Waals surface area contributed by atoms with E-state index in [0.717, 1.165) is 55.0 Å². The van der Waals surface area contributed by atoms with Gasteiger partial charge in [0.1, 0.15) is 5.82 Å². The first-order valence-electron chi connectivity index (χ1n) is 10.8. The molecule has 0 saturated carbocycles. The molecule has 0 unspecified atom stereocenters. The van der Waals surface area contributed by atoms with E-state index in [1.54, 1.807) is 0 Å². The van der Waals surface area contributed by atoms with E-state index in [0.29, 0.717) is 12.7 Å². The number of ether oxygens (including phenoxy) is 2. The van der Waals surface area contributed by atoms with Crippen molar-refractivity contribution in [2.75, 3.05) is 31.7 Å². The van der Waals surface area contributed by atoms with Gasteiger partial charge in [-0.15, -0.1) is 0 Å². The van der Waals surface area contributed by atoms with Crippen LogP contribution in [-0.2, 0) is 17.1 Å². The molecule has 13 heteroatoms. The van der Waals surface area contributed by atoms with Crippen molar-refractivity contribution < 1.29 is 45.0 Å². The Hall–Kier alpha value is -3.61. The monoisotopic (exact) mass is 535 g/mol. The van der Waals surface area contributed by atoms with Crippen LogP contribution in [0.25, 0.3) is 5.57 Å². The predicted molar refractivity (Wildman–Crippen MR) is 124 cm³/mol. The topological polar surface area (TPSA) is 77.1 Å². The van der Waals surface area contributed by atoms with Crippen molar-refractivity contribution in [1.82, 2.24) is 0 Å². The number of carbonyl (C=O) groups excluding carboxylic acids is 1. The number of hydrogen-bond acceptors (Lipinski definition) is 5. The highest BCUT2D eigenvalue weighted by atomic mass is 19.4. The van der Waals surface area contributed by atoms with Crippen LogP contribution < -0.4 is 15.4 Å². The number of amides is 1. The van der Waals surface area contributed by atoms with Gasteiger partial charge < -0.3 is 15.2 Å². The molecule has 202 valence electrons. The lowest BCUT2D eigenvalue weighted by atomic mass is 9.98. The number of rotatable bonds is 9. The molecular weight excluding hydrogens is 511 g/mol. The largest absolute Gasteiger partial charge is 0.420 e. The molecular formula is C24H24F7N3O3. The summed E-state index contributed by atoms with van der Waals surface area (Å²) in [7, 11) is 1.13. The summed E-state index contributed by atoms with van der Waals surface area (Å²) in [6, 6.07) is 4.54. The minimum Gasteiger partial charge on any atom is -0.409 e. The number of carbonyl (C=O) groups is 1. The van der Waals surface area contributed by atoms with Gasteiger partial charge in [0.15, 0.2) is 5.75 Å². The van der Waals surface area contributed by atoms with Crippen molar-refractivity contribution >= 4 is 23.6 Å².